The summed E-state index contributed by atoms with van der Waals surface area (Å²) in [6.45, 7) is 3.33. The van der Waals surface area contributed by atoms with Gasteiger partial charge in [0.1, 0.15) is 6.61 Å². The van der Waals surface area contributed by atoms with E-state index in [2.05, 4.69) is 10.6 Å². The van der Waals surface area contributed by atoms with Crippen molar-refractivity contribution in [3.63, 3.8) is 0 Å². The Morgan fingerprint density at radius 1 is 1.40 bits per heavy atom. The number of fused-ring (bicyclic) bond motifs is 1. The molecule has 1 aromatic heterocycles. The molecule has 0 saturated heterocycles. The number of rotatable bonds is 3. The molecular formula is C15H16N2O2S. The van der Waals surface area contributed by atoms with Crippen LogP contribution in [0.5, 0.6) is 5.75 Å². The Kier molecular flexibility index (Phi) is 3.60. The van der Waals surface area contributed by atoms with Crippen LogP contribution in [0.3, 0.4) is 0 Å². The van der Waals surface area contributed by atoms with Gasteiger partial charge in [-0.2, -0.15) is 0 Å². The van der Waals surface area contributed by atoms with Gasteiger partial charge in [0.2, 0.25) is 0 Å². The van der Waals surface area contributed by atoms with Crippen molar-refractivity contribution in [2.75, 3.05) is 18.5 Å². The van der Waals surface area contributed by atoms with E-state index in [9.17, 15) is 4.79 Å². The van der Waals surface area contributed by atoms with E-state index in [1.165, 1.54) is 0 Å². The van der Waals surface area contributed by atoms with Gasteiger partial charge in [-0.3, -0.25) is 4.79 Å². The molecule has 104 valence electrons. The molecule has 0 saturated carbocycles. The zero-order valence-corrected chi connectivity index (χ0v) is 12.0. The molecule has 20 heavy (non-hydrogen) atoms. The predicted octanol–water partition coefficient (Wildman–Crippen LogP) is 3.04. The molecule has 0 aliphatic carbocycles. The fourth-order valence-electron chi connectivity index (χ4n) is 2.23. The largest absolute Gasteiger partial charge is 0.489 e. The molecule has 5 heteroatoms. The van der Waals surface area contributed by atoms with E-state index in [4.69, 9.17) is 4.74 Å². The number of ether oxygens (including phenoxy) is 1. The Hall–Kier alpha value is -2.01. The monoisotopic (exact) mass is 288 g/mol. The molecule has 0 fully saturated rings. The first-order chi connectivity index (χ1) is 9.75. The minimum absolute atomic E-state index is 0.00472. The van der Waals surface area contributed by atoms with Crippen LogP contribution in [0.15, 0.2) is 35.7 Å². The highest BCUT2D eigenvalue weighted by atomic mass is 32.1. The van der Waals surface area contributed by atoms with E-state index in [-0.39, 0.29) is 11.9 Å². The molecule has 2 aromatic rings. The SMILES string of the molecule is CC(NC(=O)c1cccc2c1OCCN2)c1cccs1. The third kappa shape index (κ3) is 2.49. The maximum atomic E-state index is 12.4. The van der Waals surface area contributed by atoms with Crippen molar-refractivity contribution in [3.05, 3.63) is 46.2 Å². The molecule has 1 atom stereocenters. The molecular weight excluding hydrogens is 272 g/mol. The third-order valence-electron chi connectivity index (χ3n) is 3.24. The van der Waals surface area contributed by atoms with Gasteiger partial charge in [0.05, 0.1) is 17.3 Å². The lowest BCUT2D eigenvalue weighted by Crippen LogP contribution is -2.28. The first-order valence-electron chi connectivity index (χ1n) is 6.59. The number of nitrogens with one attached hydrogen (secondary N) is 2. The fourth-order valence-corrected chi connectivity index (χ4v) is 2.97. The third-order valence-corrected chi connectivity index (χ3v) is 4.30. The molecule has 0 spiro atoms. The second-order valence-electron chi connectivity index (χ2n) is 4.67. The van der Waals surface area contributed by atoms with Gasteiger partial charge in [-0.15, -0.1) is 11.3 Å². The molecule has 3 rings (SSSR count). The first kappa shape index (κ1) is 13.0. The summed E-state index contributed by atoms with van der Waals surface area (Å²) in [5.41, 5.74) is 1.46. The molecule has 1 aromatic carbocycles. The van der Waals surface area contributed by atoms with E-state index < -0.39 is 0 Å². The van der Waals surface area contributed by atoms with E-state index in [1.54, 1.807) is 17.4 Å². The van der Waals surface area contributed by atoms with Crippen molar-refractivity contribution in [1.82, 2.24) is 5.32 Å². The van der Waals surface area contributed by atoms with Gasteiger partial charge in [0.15, 0.2) is 5.75 Å². The topological polar surface area (TPSA) is 50.4 Å². The minimum Gasteiger partial charge on any atom is -0.489 e. The van der Waals surface area contributed by atoms with Crippen molar-refractivity contribution >= 4 is 22.9 Å². The maximum Gasteiger partial charge on any atom is 0.255 e. The number of thiophene rings is 1. The Balaban J connectivity index is 1.81. The van der Waals surface area contributed by atoms with Gasteiger partial charge in [0.25, 0.3) is 5.91 Å². The van der Waals surface area contributed by atoms with Crippen LogP contribution >= 0.6 is 11.3 Å². The zero-order valence-electron chi connectivity index (χ0n) is 11.2. The number of hydrogen-bond acceptors (Lipinski definition) is 4. The summed E-state index contributed by atoms with van der Waals surface area (Å²) in [5, 5.41) is 8.26. The van der Waals surface area contributed by atoms with Gasteiger partial charge in [-0.05, 0) is 30.5 Å². The van der Waals surface area contributed by atoms with E-state index >= 15 is 0 Å². The van der Waals surface area contributed by atoms with Crippen LogP contribution in [0.4, 0.5) is 5.69 Å². The first-order valence-corrected chi connectivity index (χ1v) is 7.47. The summed E-state index contributed by atoms with van der Waals surface area (Å²) >= 11 is 1.64. The van der Waals surface area contributed by atoms with Crippen molar-refractivity contribution in [3.8, 4) is 5.75 Å². The van der Waals surface area contributed by atoms with Crippen molar-refractivity contribution < 1.29 is 9.53 Å². The Morgan fingerprint density at radius 2 is 2.30 bits per heavy atom. The molecule has 4 nitrogen and oxygen atoms in total. The Morgan fingerprint density at radius 3 is 3.10 bits per heavy atom. The maximum absolute atomic E-state index is 12.4. The fraction of sp³-hybridized carbons (Fsp3) is 0.267. The number of amides is 1. The van der Waals surface area contributed by atoms with Crippen molar-refractivity contribution in [2.45, 2.75) is 13.0 Å². The smallest absolute Gasteiger partial charge is 0.255 e. The standard InChI is InChI=1S/C15H16N2O2S/c1-10(13-6-3-9-20-13)17-15(18)11-4-2-5-12-14(11)19-8-7-16-12/h2-6,9-10,16H,7-8H2,1H3,(H,17,18). The van der Waals surface area contributed by atoms with Crippen molar-refractivity contribution in [1.29, 1.82) is 0 Å². The average Bonchev–Trinajstić information content (AvgIpc) is 3.01. The summed E-state index contributed by atoms with van der Waals surface area (Å²) in [7, 11) is 0. The number of hydrogen-bond donors (Lipinski definition) is 2. The highest BCUT2D eigenvalue weighted by Gasteiger charge is 2.20. The van der Waals surface area contributed by atoms with Gasteiger partial charge in [-0.25, -0.2) is 0 Å². The van der Waals surface area contributed by atoms with Crippen LogP contribution < -0.4 is 15.4 Å². The van der Waals surface area contributed by atoms with Gasteiger partial charge in [0, 0.05) is 11.4 Å². The zero-order chi connectivity index (χ0) is 13.9. The number of carbonyl (C=O) groups is 1. The Labute approximate surface area is 121 Å². The average molecular weight is 288 g/mol. The highest BCUT2D eigenvalue weighted by molar-refractivity contribution is 7.10. The number of benzene rings is 1. The minimum atomic E-state index is -0.105. The van der Waals surface area contributed by atoms with E-state index in [1.807, 2.05) is 36.6 Å². The number of carbonyl (C=O) groups excluding carboxylic acids is 1. The number of para-hydroxylation sites is 1. The quantitative estimate of drug-likeness (QED) is 0.912. The van der Waals surface area contributed by atoms with E-state index in [0.29, 0.717) is 17.9 Å². The normalized spacial score (nSPS) is 14.7. The number of anilines is 1. The molecule has 0 bridgehead atoms. The summed E-state index contributed by atoms with van der Waals surface area (Å²) in [6.07, 6.45) is 0. The molecule has 1 amide bonds. The molecule has 0 radical (unpaired) electrons. The van der Waals surface area contributed by atoms with E-state index in [0.717, 1.165) is 17.1 Å². The summed E-state index contributed by atoms with van der Waals surface area (Å²) in [6, 6.07) is 9.59. The van der Waals surface area contributed by atoms with Gasteiger partial charge < -0.3 is 15.4 Å². The lowest BCUT2D eigenvalue weighted by atomic mass is 10.1. The summed E-state index contributed by atoms with van der Waals surface area (Å²) < 4.78 is 5.63. The highest BCUT2D eigenvalue weighted by Crippen LogP contribution is 2.31. The molecule has 1 aliphatic rings. The lowest BCUT2D eigenvalue weighted by Gasteiger charge is -2.22. The van der Waals surface area contributed by atoms with Gasteiger partial charge in [-0.1, -0.05) is 12.1 Å². The summed E-state index contributed by atoms with van der Waals surface area (Å²) in [5.74, 6) is 0.543. The second-order valence-corrected chi connectivity index (χ2v) is 5.65. The van der Waals surface area contributed by atoms with Crippen LogP contribution in [0.2, 0.25) is 0 Å². The van der Waals surface area contributed by atoms with Crippen LogP contribution in [0.25, 0.3) is 0 Å². The Bertz CT molecular complexity index is 610. The molecule has 2 heterocycles. The second kappa shape index (κ2) is 5.54. The van der Waals surface area contributed by atoms with Crippen LogP contribution in [0, 0.1) is 0 Å². The van der Waals surface area contributed by atoms with Crippen LogP contribution in [0.1, 0.15) is 28.2 Å². The lowest BCUT2D eigenvalue weighted by molar-refractivity contribution is 0.0936. The van der Waals surface area contributed by atoms with Gasteiger partial charge >= 0.3 is 0 Å². The molecule has 1 aliphatic heterocycles. The van der Waals surface area contributed by atoms with Crippen LogP contribution in [-0.2, 0) is 0 Å². The van der Waals surface area contributed by atoms with Crippen LogP contribution in [-0.4, -0.2) is 19.1 Å². The van der Waals surface area contributed by atoms with Crippen molar-refractivity contribution in [2.24, 2.45) is 0 Å². The molecule has 2 N–H and O–H groups in total. The summed E-state index contributed by atoms with van der Waals surface area (Å²) in [4.78, 5) is 13.5. The molecule has 1 unspecified atom stereocenters. The predicted molar refractivity (Wildman–Crippen MR) is 80.6 cm³/mol.